The summed E-state index contributed by atoms with van der Waals surface area (Å²) in [5.74, 6) is 0.104. The molecule has 0 aromatic heterocycles. The molecule has 0 spiro atoms. The zero-order chi connectivity index (χ0) is 17.6. The van der Waals surface area contributed by atoms with Crippen LogP contribution >= 0.6 is 11.6 Å². The molecule has 1 atom stereocenters. The average molecular weight is 359 g/mol. The van der Waals surface area contributed by atoms with Crippen LogP contribution in [0.5, 0.6) is 11.5 Å². The molecule has 1 aliphatic heterocycles. The summed E-state index contributed by atoms with van der Waals surface area (Å²) in [7, 11) is 0. The lowest BCUT2D eigenvalue weighted by Gasteiger charge is -2.25. The van der Waals surface area contributed by atoms with Crippen molar-refractivity contribution >= 4 is 29.5 Å². The second-order valence-electron chi connectivity index (χ2n) is 5.23. The number of amides is 2. The number of hydrazine groups is 1. The number of nitrogens with one attached hydrogen (secondary N) is 2. The van der Waals surface area contributed by atoms with Gasteiger partial charge in [0.05, 0.1) is 0 Å². The van der Waals surface area contributed by atoms with Crippen molar-refractivity contribution in [3.63, 3.8) is 0 Å². The number of carbonyl (C=O) groups is 2. The summed E-state index contributed by atoms with van der Waals surface area (Å²) in [5, 5.41) is 0.616. The number of carbonyl (C=O) groups excluding carboxylic acids is 2. The van der Waals surface area contributed by atoms with Gasteiger partial charge in [-0.1, -0.05) is 35.9 Å². The Bertz CT molecular complexity index is 805. The summed E-state index contributed by atoms with van der Waals surface area (Å²) >= 11 is 5.79. The van der Waals surface area contributed by atoms with E-state index in [-0.39, 0.29) is 6.61 Å². The van der Waals surface area contributed by atoms with Crippen LogP contribution in [0.3, 0.4) is 0 Å². The fraction of sp³-hybridized carbons (Fsp3) is 0.111. The molecule has 2 N–H and O–H groups in total. The van der Waals surface area contributed by atoms with Crippen molar-refractivity contribution in [3.8, 4) is 11.5 Å². The second-order valence-corrected chi connectivity index (χ2v) is 5.66. The monoisotopic (exact) mass is 358 g/mol. The maximum atomic E-state index is 12.1. The third-order valence-corrected chi connectivity index (χ3v) is 3.66. The van der Waals surface area contributed by atoms with E-state index in [0.717, 1.165) is 5.56 Å². The lowest BCUT2D eigenvalue weighted by Crippen LogP contribution is -2.50. The lowest BCUT2D eigenvalue weighted by atomic mass is 10.2. The van der Waals surface area contributed by atoms with E-state index in [1.54, 1.807) is 48.5 Å². The first-order chi connectivity index (χ1) is 12.1. The molecule has 0 saturated heterocycles. The highest BCUT2D eigenvalue weighted by Gasteiger charge is 2.27. The van der Waals surface area contributed by atoms with Crippen LogP contribution in [-0.2, 0) is 9.59 Å². The van der Waals surface area contributed by atoms with Crippen molar-refractivity contribution in [2.24, 2.45) is 0 Å². The van der Waals surface area contributed by atoms with Crippen molar-refractivity contribution in [1.82, 2.24) is 10.9 Å². The molecular formula is C18H15ClN2O4. The number of rotatable bonds is 3. The minimum atomic E-state index is -0.838. The van der Waals surface area contributed by atoms with Crippen LogP contribution in [0.4, 0.5) is 0 Å². The Balaban J connectivity index is 1.49. The van der Waals surface area contributed by atoms with E-state index in [9.17, 15) is 9.59 Å². The summed E-state index contributed by atoms with van der Waals surface area (Å²) in [5.41, 5.74) is 5.42. The second kappa shape index (κ2) is 7.72. The summed E-state index contributed by atoms with van der Waals surface area (Å²) in [4.78, 5) is 23.8. The number of fused-ring (bicyclic) bond motifs is 1. The van der Waals surface area contributed by atoms with E-state index >= 15 is 0 Å². The molecule has 2 aromatic carbocycles. The van der Waals surface area contributed by atoms with E-state index in [2.05, 4.69) is 10.9 Å². The first-order valence-corrected chi connectivity index (χ1v) is 7.91. The predicted molar refractivity (Wildman–Crippen MR) is 93.1 cm³/mol. The topological polar surface area (TPSA) is 76.7 Å². The highest BCUT2D eigenvalue weighted by atomic mass is 35.5. The van der Waals surface area contributed by atoms with Crippen LogP contribution in [0.25, 0.3) is 6.08 Å². The SMILES string of the molecule is O=C(/C=C/c1ccc(Cl)cc1)NNC(=O)C1COc2ccccc2O1. The summed E-state index contributed by atoms with van der Waals surface area (Å²) < 4.78 is 11.0. The number of benzene rings is 2. The Morgan fingerprint density at radius 3 is 2.52 bits per heavy atom. The van der Waals surface area contributed by atoms with Crippen LogP contribution in [0.2, 0.25) is 5.02 Å². The van der Waals surface area contributed by atoms with Crippen LogP contribution in [0, 0.1) is 0 Å². The van der Waals surface area contributed by atoms with Crippen molar-refractivity contribution < 1.29 is 19.1 Å². The van der Waals surface area contributed by atoms with Gasteiger partial charge in [0.25, 0.3) is 11.8 Å². The van der Waals surface area contributed by atoms with Gasteiger partial charge in [0.1, 0.15) is 6.61 Å². The van der Waals surface area contributed by atoms with E-state index < -0.39 is 17.9 Å². The van der Waals surface area contributed by atoms with E-state index in [1.165, 1.54) is 6.08 Å². The third kappa shape index (κ3) is 4.51. The number of halogens is 1. The van der Waals surface area contributed by atoms with Gasteiger partial charge in [-0.25, -0.2) is 0 Å². The van der Waals surface area contributed by atoms with E-state index in [1.807, 2.05) is 6.07 Å². The first-order valence-electron chi connectivity index (χ1n) is 7.54. The van der Waals surface area contributed by atoms with Crippen molar-refractivity contribution in [2.75, 3.05) is 6.61 Å². The molecular weight excluding hydrogens is 344 g/mol. The smallest absolute Gasteiger partial charge is 0.283 e. The van der Waals surface area contributed by atoms with Crippen LogP contribution in [0.15, 0.2) is 54.6 Å². The highest BCUT2D eigenvalue weighted by Crippen LogP contribution is 2.30. The van der Waals surface area contributed by atoms with Crippen molar-refractivity contribution in [3.05, 3.63) is 65.2 Å². The Hall–Kier alpha value is -2.99. The molecule has 128 valence electrons. The van der Waals surface area contributed by atoms with Crippen LogP contribution in [-0.4, -0.2) is 24.5 Å². The fourth-order valence-electron chi connectivity index (χ4n) is 2.14. The Morgan fingerprint density at radius 2 is 1.76 bits per heavy atom. The largest absolute Gasteiger partial charge is 0.485 e. The molecule has 0 aliphatic carbocycles. The third-order valence-electron chi connectivity index (χ3n) is 3.41. The van der Waals surface area contributed by atoms with Gasteiger partial charge in [-0.05, 0) is 35.9 Å². The fourth-order valence-corrected chi connectivity index (χ4v) is 2.27. The normalized spacial score (nSPS) is 15.6. The Morgan fingerprint density at radius 1 is 1.04 bits per heavy atom. The van der Waals surface area contributed by atoms with Crippen molar-refractivity contribution in [2.45, 2.75) is 6.10 Å². The summed E-state index contributed by atoms with van der Waals surface area (Å²) in [6.45, 7) is 0.0688. The average Bonchev–Trinajstić information content (AvgIpc) is 2.65. The van der Waals surface area contributed by atoms with E-state index in [4.69, 9.17) is 21.1 Å². The van der Waals surface area contributed by atoms with Gasteiger partial charge in [-0.3, -0.25) is 20.4 Å². The number of hydrogen-bond donors (Lipinski definition) is 2. The summed E-state index contributed by atoms with van der Waals surface area (Å²) in [6, 6.07) is 14.1. The molecule has 1 heterocycles. The molecule has 1 aliphatic rings. The molecule has 7 heteroatoms. The van der Waals surface area contributed by atoms with Crippen molar-refractivity contribution in [1.29, 1.82) is 0 Å². The minimum Gasteiger partial charge on any atom is -0.485 e. The molecule has 25 heavy (non-hydrogen) atoms. The molecule has 2 aromatic rings. The molecule has 6 nitrogen and oxygen atoms in total. The van der Waals surface area contributed by atoms with Gasteiger partial charge >= 0.3 is 0 Å². The standard InChI is InChI=1S/C18H15ClN2O4/c19-13-8-5-12(6-9-13)7-10-17(22)20-21-18(23)16-11-24-14-3-1-2-4-15(14)25-16/h1-10,16H,11H2,(H,20,22)(H,21,23)/b10-7+. The Labute approximate surface area is 149 Å². The lowest BCUT2D eigenvalue weighted by molar-refractivity contribution is -0.134. The van der Waals surface area contributed by atoms with Gasteiger partial charge < -0.3 is 9.47 Å². The van der Waals surface area contributed by atoms with Gasteiger partial charge in [0.15, 0.2) is 11.5 Å². The zero-order valence-electron chi connectivity index (χ0n) is 13.1. The van der Waals surface area contributed by atoms with Gasteiger partial charge in [0.2, 0.25) is 6.10 Å². The quantitative estimate of drug-likeness (QED) is 0.652. The van der Waals surface area contributed by atoms with Crippen LogP contribution < -0.4 is 20.3 Å². The minimum absolute atomic E-state index is 0.0688. The van der Waals surface area contributed by atoms with Crippen LogP contribution in [0.1, 0.15) is 5.56 Å². The molecule has 3 rings (SSSR count). The first kappa shape index (κ1) is 16.9. The molecule has 0 bridgehead atoms. The maximum Gasteiger partial charge on any atom is 0.283 e. The predicted octanol–water partition coefficient (Wildman–Crippen LogP) is 2.34. The zero-order valence-corrected chi connectivity index (χ0v) is 13.8. The maximum absolute atomic E-state index is 12.1. The number of ether oxygens (including phenoxy) is 2. The molecule has 0 radical (unpaired) electrons. The molecule has 0 fully saturated rings. The highest BCUT2D eigenvalue weighted by molar-refractivity contribution is 6.30. The van der Waals surface area contributed by atoms with Gasteiger partial charge in [0, 0.05) is 11.1 Å². The number of para-hydroxylation sites is 2. The van der Waals surface area contributed by atoms with Gasteiger partial charge in [-0.15, -0.1) is 0 Å². The molecule has 2 amide bonds. The van der Waals surface area contributed by atoms with E-state index in [0.29, 0.717) is 16.5 Å². The Kier molecular flexibility index (Phi) is 5.20. The number of hydrogen-bond acceptors (Lipinski definition) is 4. The molecule has 0 saturated carbocycles. The summed E-state index contributed by atoms with van der Waals surface area (Å²) in [6.07, 6.45) is 2.07. The molecule has 1 unspecified atom stereocenters. The van der Waals surface area contributed by atoms with Gasteiger partial charge in [-0.2, -0.15) is 0 Å².